The Morgan fingerprint density at radius 1 is 0.862 bits per heavy atom. The highest BCUT2D eigenvalue weighted by Gasteiger charge is 2.40. The molecule has 1 N–H and O–H groups in total. The Bertz CT molecular complexity index is 1010. The highest BCUT2D eigenvalue weighted by Crippen LogP contribution is 2.36. The van der Waals surface area contributed by atoms with Gasteiger partial charge in [0.1, 0.15) is 5.70 Å². The number of aryl methyl sites for hydroxylation is 2. The molecule has 0 spiro atoms. The van der Waals surface area contributed by atoms with Gasteiger partial charge in [0.15, 0.2) is 11.5 Å². The summed E-state index contributed by atoms with van der Waals surface area (Å²) in [6, 6.07) is 10.8. The normalized spacial score (nSPS) is 14.1. The highest BCUT2D eigenvalue weighted by molar-refractivity contribution is 6.36. The van der Waals surface area contributed by atoms with E-state index in [2.05, 4.69) is 5.32 Å². The Kier molecular flexibility index (Phi) is 5.64. The number of methoxy groups -OCH3 is 2. The number of amides is 2. The Labute approximate surface area is 171 Å². The number of nitrogens with one attached hydrogen (secondary N) is 1. The SMILES string of the molecule is COc1ccc(C2=C(Nc3ccc(C)c(C)c3)C(=O)N(C(C)C)C2=O)cc1OC. The van der Waals surface area contributed by atoms with Gasteiger partial charge in [0.2, 0.25) is 0 Å². The fourth-order valence-electron chi connectivity index (χ4n) is 3.36. The van der Waals surface area contributed by atoms with Crippen molar-refractivity contribution in [2.75, 3.05) is 19.5 Å². The van der Waals surface area contributed by atoms with Crippen LogP contribution < -0.4 is 14.8 Å². The number of ether oxygens (including phenoxy) is 2. The maximum Gasteiger partial charge on any atom is 0.278 e. The van der Waals surface area contributed by atoms with Crippen LogP contribution in [0.15, 0.2) is 42.1 Å². The first kappa shape index (κ1) is 20.5. The predicted molar refractivity (Wildman–Crippen MR) is 113 cm³/mol. The Balaban J connectivity index is 2.14. The number of hydrogen-bond donors (Lipinski definition) is 1. The van der Waals surface area contributed by atoms with E-state index < -0.39 is 0 Å². The summed E-state index contributed by atoms with van der Waals surface area (Å²) in [6.07, 6.45) is 0. The molecule has 29 heavy (non-hydrogen) atoms. The molecule has 2 aromatic carbocycles. The average Bonchev–Trinajstić information content (AvgIpc) is 2.93. The Hall–Kier alpha value is -3.28. The molecule has 152 valence electrons. The third-order valence-corrected chi connectivity index (χ3v) is 5.08. The van der Waals surface area contributed by atoms with Gasteiger partial charge in [0.25, 0.3) is 11.8 Å². The standard InChI is InChI=1S/C23H26N2O4/c1-13(2)25-22(26)20(16-8-10-18(28-5)19(12-16)29-6)21(23(25)27)24-17-9-7-14(3)15(4)11-17/h7-13,24H,1-6H3. The summed E-state index contributed by atoms with van der Waals surface area (Å²) in [5, 5.41) is 3.18. The molecule has 0 aromatic heterocycles. The third kappa shape index (κ3) is 3.70. The molecule has 1 heterocycles. The zero-order valence-corrected chi connectivity index (χ0v) is 17.6. The van der Waals surface area contributed by atoms with Gasteiger partial charge in [-0.3, -0.25) is 14.5 Å². The Morgan fingerprint density at radius 2 is 1.55 bits per heavy atom. The Morgan fingerprint density at radius 3 is 2.14 bits per heavy atom. The molecule has 0 radical (unpaired) electrons. The molecule has 0 bridgehead atoms. The van der Waals surface area contributed by atoms with Crippen LogP contribution in [0.3, 0.4) is 0 Å². The minimum Gasteiger partial charge on any atom is -0.493 e. The van der Waals surface area contributed by atoms with Crippen LogP contribution in [0.1, 0.15) is 30.5 Å². The van der Waals surface area contributed by atoms with Crippen LogP contribution in [-0.4, -0.2) is 37.0 Å². The lowest BCUT2D eigenvalue weighted by atomic mass is 10.0. The van der Waals surface area contributed by atoms with Gasteiger partial charge in [-0.1, -0.05) is 12.1 Å². The van der Waals surface area contributed by atoms with Crippen molar-refractivity contribution < 1.29 is 19.1 Å². The molecule has 0 atom stereocenters. The molecular formula is C23H26N2O4. The first-order chi connectivity index (χ1) is 13.8. The van der Waals surface area contributed by atoms with E-state index in [0.29, 0.717) is 22.6 Å². The van der Waals surface area contributed by atoms with Crippen molar-refractivity contribution in [3.8, 4) is 11.5 Å². The molecule has 0 saturated heterocycles. The van der Waals surface area contributed by atoms with Crippen molar-refractivity contribution >= 4 is 23.1 Å². The van der Waals surface area contributed by atoms with Crippen molar-refractivity contribution in [1.29, 1.82) is 0 Å². The van der Waals surface area contributed by atoms with E-state index in [1.807, 2.05) is 45.9 Å². The van der Waals surface area contributed by atoms with Crippen molar-refractivity contribution in [2.24, 2.45) is 0 Å². The highest BCUT2D eigenvalue weighted by atomic mass is 16.5. The smallest absolute Gasteiger partial charge is 0.278 e. The summed E-state index contributed by atoms with van der Waals surface area (Å²) < 4.78 is 10.7. The molecule has 6 heteroatoms. The lowest BCUT2D eigenvalue weighted by Gasteiger charge is -2.19. The van der Waals surface area contributed by atoms with E-state index in [1.165, 1.54) is 12.0 Å². The molecule has 1 aliphatic heterocycles. The number of anilines is 1. The van der Waals surface area contributed by atoms with Gasteiger partial charge in [-0.15, -0.1) is 0 Å². The summed E-state index contributed by atoms with van der Waals surface area (Å²) in [5.41, 5.74) is 4.19. The van der Waals surface area contributed by atoms with Crippen LogP contribution in [0.25, 0.3) is 5.57 Å². The van der Waals surface area contributed by atoms with E-state index in [0.717, 1.165) is 16.8 Å². The van der Waals surface area contributed by atoms with Crippen LogP contribution >= 0.6 is 0 Å². The number of imide groups is 1. The summed E-state index contributed by atoms with van der Waals surface area (Å²) >= 11 is 0. The molecule has 0 saturated carbocycles. The number of rotatable bonds is 6. The largest absolute Gasteiger partial charge is 0.493 e. The van der Waals surface area contributed by atoms with Gasteiger partial charge in [-0.05, 0) is 68.7 Å². The van der Waals surface area contributed by atoms with Gasteiger partial charge in [0, 0.05) is 11.7 Å². The fourth-order valence-corrected chi connectivity index (χ4v) is 3.36. The number of benzene rings is 2. The van der Waals surface area contributed by atoms with Gasteiger partial charge in [0.05, 0.1) is 19.8 Å². The predicted octanol–water partition coefficient (Wildman–Crippen LogP) is 3.92. The second-order valence-corrected chi connectivity index (χ2v) is 7.32. The van der Waals surface area contributed by atoms with Crippen molar-refractivity contribution in [2.45, 2.75) is 33.7 Å². The maximum atomic E-state index is 13.2. The first-order valence-electron chi connectivity index (χ1n) is 9.47. The van der Waals surface area contributed by atoms with Crippen molar-refractivity contribution in [3.05, 3.63) is 58.8 Å². The van der Waals surface area contributed by atoms with Gasteiger partial charge in [-0.25, -0.2) is 0 Å². The van der Waals surface area contributed by atoms with Gasteiger partial charge in [-0.2, -0.15) is 0 Å². The summed E-state index contributed by atoms with van der Waals surface area (Å²) in [5.74, 6) is 0.376. The minimum absolute atomic E-state index is 0.260. The molecule has 2 amide bonds. The fraction of sp³-hybridized carbons (Fsp3) is 0.304. The average molecular weight is 394 g/mol. The van der Waals surface area contributed by atoms with Crippen molar-refractivity contribution in [1.82, 2.24) is 4.90 Å². The summed E-state index contributed by atoms with van der Waals surface area (Å²) in [7, 11) is 3.08. The molecular weight excluding hydrogens is 368 g/mol. The third-order valence-electron chi connectivity index (χ3n) is 5.08. The number of carbonyl (C=O) groups is 2. The number of nitrogens with zero attached hydrogens (tertiary/aromatic N) is 1. The molecule has 2 aromatic rings. The van der Waals surface area contributed by atoms with Gasteiger partial charge >= 0.3 is 0 Å². The second-order valence-electron chi connectivity index (χ2n) is 7.32. The number of hydrogen-bond acceptors (Lipinski definition) is 5. The van der Waals surface area contributed by atoms with Crippen LogP contribution in [0.5, 0.6) is 11.5 Å². The van der Waals surface area contributed by atoms with Crippen LogP contribution in [-0.2, 0) is 9.59 Å². The van der Waals surface area contributed by atoms with E-state index >= 15 is 0 Å². The number of carbonyl (C=O) groups excluding carboxylic acids is 2. The topological polar surface area (TPSA) is 67.9 Å². The minimum atomic E-state index is -0.340. The lowest BCUT2D eigenvalue weighted by Crippen LogP contribution is -2.38. The summed E-state index contributed by atoms with van der Waals surface area (Å²) in [6.45, 7) is 7.67. The molecule has 0 aliphatic carbocycles. The molecule has 3 rings (SSSR count). The molecule has 6 nitrogen and oxygen atoms in total. The zero-order chi connectivity index (χ0) is 21.3. The lowest BCUT2D eigenvalue weighted by molar-refractivity contribution is -0.138. The maximum absolute atomic E-state index is 13.2. The summed E-state index contributed by atoms with van der Waals surface area (Å²) in [4.78, 5) is 27.5. The van der Waals surface area contributed by atoms with Crippen molar-refractivity contribution in [3.63, 3.8) is 0 Å². The monoisotopic (exact) mass is 394 g/mol. The molecule has 0 fully saturated rings. The van der Waals surface area contributed by atoms with E-state index in [4.69, 9.17) is 9.47 Å². The van der Waals surface area contributed by atoms with E-state index in [-0.39, 0.29) is 23.6 Å². The van der Waals surface area contributed by atoms with Crippen LogP contribution in [0.2, 0.25) is 0 Å². The van der Waals surface area contributed by atoms with Crippen LogP contribution in [0.4, 0.5) is 5.69 Å². The first-order valence-corrected chi connectivity index (χ1v) is 9.47. The van der Waals surface area contributed by atoms with Crippen LogP contribution in [0, 0.1) is 13.8 Å². The zero-order valence-electron chi connectivity index (χ0n) is 17.6. The van der Waals surface area contributed by atoms with E-state index in [9.17, 15) is 9.59 Å². The van der Waals surface area contributed by atoms with E-state index in [1.54, 1.807) is 25.3 Å². The molecule has 1 aliphatic rings. The second kappa shape index (κ2) is 7.99. The quantitative estimate of drug-likeness (QED) is 0.752. The molecule has 0 unspecified atom stereocenters. The van der Waals surface area contributed by atoms with Gasteiger partial charge < -0.3 is 14.8 Å².